The van der Waals surface area contributed by atoms with Gasteiger partial charge >= 0.3 is 0 Å². The summed E-state index contributed by atoms with van der Waals surface area (Å²) in [7, 11) is 0. The number of rotatable bonds is 19. The zero-order valence-corrected chi connectivity index (χ0v) is 20.2. The summed E-state index contributed by atoms with van der Waals surface area (Å²) in [6.45, 7) is 17.4. The minimum absolute atomic E-state index is 0. The van der Waals surface area contributed by atoms with Crippen molar-refractivity contribution >= 4 is 12.4 Å². The molecule has 0 aromatic heterocycles. The van der Waals surface area contributed by atoms with Crippen molar-refractivity contribution in [1.29, 1.82) is 0 Å². The lowest BCUT2D eigenvalue weighted by atomic mass is 10.1. The summed E-state index contributed by atoms with van der Waals surface area (Å²) < 4.78 is 0. The van der Waals surface area contributed by atoms with Crippen LogP contribution in [0.3, 0.4) is 0 Å². The fourth-order valence-electron chi connectivity index (χ4n) is 3.79. The van der Waals surface area contributed by atoms with Crippen molar-refractivity contribution in [3.05, 3.63) is 12.2 Å². The topological polar surface area (TPSA) is 6.48 Å². The van der Waals surface area contributed by atoms with E-state index in [-0.39, 0.29) is 12.4 Å². The first-order valence-corrected chi connectivity index (χ1v) is 11.8. The van der Waals surface area contributed by atoms with Crippen molar-refractivity contribution < 1.29 is 0 Å². The van der Waals surface area contributed by atoms with Gasteiger partial charge in [-0.05, 0) is 39.4 Å². The molecule has 0 N–H and O–H groups in total. The van der Waals surface area contributed by atoms with Gasteiger partial charge in [-0.25, -0.2) is 0 Å². The highest BCUT2D eigenvalue weighted by atomic mass is 35.5. The lowest BCUT2D eigenvalue weighted by Gasteiger charge is -2.31. The predicted molar refractivity (Wildman–Crippen MR) is 127 cm³/mol. The molecular weight excluding hydrogens is 352 g/mol. The summed E-state index contributed by atoms with van der Waals surface area (Å²) in [5, 5.41) is 0. The molecule has 0 aromatic rings. The van der Waals surface area contributed by atoms with Gasteiger partial charge in [-0.2, -0.15) is 0 Å². The van der Waals surface area contributed by atoms with Crippen molar-refractivity contribution in [2.45, 2.75) is 111 Å². The fourth-order valence-corrected chi connectivity index (χ4v) is 3.79. The highest BCUT2D eigenvalue weighted by Gasteiger charge is 2.14. The molecule has 0 saturated carbocycles. The Balaban J connectivity index is 0. The zero-order chi connectivity index (χ0) is 19.5. The van der Waals surface area contributed by atoms with Crippen LogP contribution in [0.1, 0.15) is 105 Å². The van der Waals surface area contributed by atoms with Crippen molar-refractivity contribution in [1.82, 2.24) is 9.80 Å². The Hall–Kier alpha value is -0.0500. The smallest absolute Gasteiger partial charge is 0.0276 e. The standard InChI is InChI=1S/C24H50N2.ClH/c1-6-11-12-13-14-15-16-17-18-19-21-26(24(8-3)20-7-2)23-22-25(9-4)10-5;/h7,20,24H,6,8-19,21-23H2,1-5H3;1H/b20-7+;. The van der Waals surface area contributed by atoms with Gasteiger partial charge < -0.3 is 4.90 Å². The summed E-state index contributed by atoms with van der Waals surface area (Å²) in [4.78, 5) is 5.27. The molecule has 27 heavy (non-hydrogen) atoms. The van der Waals surface area contributed by atoms with Crippen molar-refractivity contribution in [3.8, 4) is 0 Å². The molecule has 0 heterocycles. The normalized spacial score (nSPS) is 12.9. The quantitative estimate of drug-likeness (QED) is 0.165. The maximum Gasteiger partial charge on any atom is 0.0276 e. The molecular formula is C24H51ClN2. The average Bonchev–Trinajstić information content (AvgIpc) is 2.66. The second-order valence-electron chi connectivity index (χ2n) is 7.75. The Bertz CT molecular complexity index is 303. The van der Waals surface area contributed by atoms with Gasteiger partial charge in [0.25, 0.3) is 0 Å². The summed E-state index contributed by atoms with van der Waals surface area (Å²) in [5.41, 5.74) is 0. The number of hydrogen-bond donors (Lipinski definition) is 0. The van der Waals surface area contributed by atoms with Gasteiger partial charge in [0.15, 0.2) is 0 Å². The first-order chi connectivity index (χ1) is 12.7. The first kappa shape index (κ1) is 29.2. The van der Waals surface area contributed by atoms with E-state index in [1.807, 2.05) is 0 Å². The van der Waals surface area contributed by atoms with Gasteiger partial charge in [-0.3, -0.25) is 4.90 Å². The number of allylic oxidation sites excluding steroid dienone is 1. The number of likely N-dealkylation sites (N-methyl/N-ethyl adjacent to an activating group) is 1. The molecule has 0 aromatic carbocycles. The number of halogens is 1. The van der Waals surface area contributed by atoms with Gasteiger partial charge in [0, 0.05) is 19.1 Å². The summed E-state index contributed by atoms with van der Waals surface area (Å²) in [6, 6.07) is 0.620. The summed E-state index contributed by atoms with van der Waals surface area (Å²) in [6.07, 6.45) is 20.1. The Morgan fingerprint density at radius 1 is 0.667 bits per heavy atom. The Kier molecular flexibility index (Phi) is 24.0. The van der Waals surface area contributed by atoms with E-state index in [1.54, 1.807) is 0 Å². The minimum atomic E-state index is 0. The molecule has 0 rings (SSSR count). The molecule has 164 valence electrons. The van der Waals surface area contributed by atoms with Crippen LogP contribution < -0.4 is 0 Å². The molecule has 0 aliphatic rings. The molecule has 3 heteroatoms. The fraction of sp³-hybridized carbons (Fsp3) is 0.917. The van der Waals surface area contributed by atoms with Crippen LogP contribution in [-0.2, 0) is 0 Å². The third-order valence-corrected chi connectivity index (χ3v) is 5.70. The molecule has 1 atom stereocenters. The van der Waals surface area contributed by atoms with E-state index in [9.17, 15) is 0 Å². The van der Waals surface area contributed by atoms with E-state index in [0.717, 1.165) is 0 Å². The van der Waals surface area contributed by atoms with E-state index in [4.69, 9.17) is 0 Å². The molecule has 0 saturated heterocycles. The van der Waals surface area contributed by atoms with Crippen LogP contribution in [0.2, 0.25) is 0 Å². The van der Waals surface area contributed by atoms with E-state index < -0.39 is 0 Å². The number of unbranched alkanes of at least 4 members (excludes halogenated alkanes) is 9. The van der Waals surface area contributed by atoms with Crippen LogP contribution in [0.25, 0.3) is 0 Å². The van der Waals surface area contributed by atoms with E-state index in [1.165, 1.54) is 103 Å². The second-order valence-corrected chi connectivity index (χ2v) is 7.75. The molecule has 0 spiro atoms. The zero-order valence-electron chi connectivity index (χ0n) is 19.3. The van der Waals surface area contributed by atoms with Crippen LogP contribution in [0.5, 0.6) is 0 Å². The molecule has 0 fully saturated rings. The molecule has 0 amide bonds. The van der Waals surface area contributed by atoms with Crippen LogP contribution in [0, 0.1) is 0 Å². The monoisotopic (exact) mass is 402 g/mol. The van der Waals surface area contributed by atoms with Crippen molar-refractivity contribution in [2.75, 3.05) is 32.7 Å². The maximum absolute atomic E-state index is 2.73. The van der Waals surface area contributed by atoms with Crippen LogP contribution in [0.4, 0.5) is 0 Å². The van der Waals surface area contributed by atoms with Crippen LogP contribution in [0.15, 0.2) is 12.2 Å². The van der Waals surface area contributed by atoms with E-state index >= 15 is 0 Å². The van der Waals surface area contributed by atoms with Gasteiger partial charge in [0.05, 0.1) is 0 Å². The van der Waals surface area contributed by atoms with E-state index in [0.29, 0.717) is 6.04 Å². The first-order valence-electron chi connectivity index (χ1n) is 11.8. The molecule has 0 bridgehead atoms. The molecule has 2 nitrogen and oxygen atoms in total. The van der Waals surface area contributed by atoms with Gasteiger partial charge in [-0.1, -0.05) is 97.6 Å². The molecule has 0 aliphatic carbocycles. The summed E-state index contributed by atoms with van der Waals surface area (Å²) in [5.74, 6) is 0. The Morgan fingerprint density at radius 3 is 1.63 bits per heavy atom. The Morgan fingerprint density at radius 2 is 1.19 bits per heavy atom. The molecule has 0 radical (unpaired) electrons. The van der Waals surface area contributed by atoms with E-state index in [2.05, 4.69) is 56.6 Å². The minimum Gasteiger partial charge on any atom is -0.303 e. The second kappa shape index (κ2) is 22.2. The van der Waals surface area contributed by atoms with Crippen LogP contribution >= 0.6 is 12.4 Å². The van der Waals surface area contributed by atoms with Gasteiger partial charge in [0.1, 0.15) is 0 Å². The van der Waals surface area contributed by atoms with Crippen LogP contribution in [-0.4, -0.2) is 48.6 Å². The maximum atomic E-state index is 2.73. The summed E-state index contributed by atoms with van der Waals surface area (Å²) >= 11 is 0. The SMILES string of the molecule is C/C=C/C(CC)N(CCCCCCCCCCCC)CCN(CC)CC.Cl. The van der Waals surface area contributed by atoms with Crippen molar-refractivity contribution in [3.63, 3.8) is 0 Å². The van der Waals surface area contributed by atoms with Crippen molar-refractivity contribution in [2.24, 2.45) is 0 Å². The predicted octanol–water partition coefficient (Wildman–Crippen LogP) is 7.33. The lowest BCUT2D eigenvalue weighted by Crippen LogP contribution is -2.40. The number of nitrogens with zero attached hydrogens (tertiary/aromatic N) is 2. The van der Waals surface area contributed by atoms with Gasteiger partial charge in [-0.15, -0.1) is 12.4 Å². The average molecular weight is 403 g/mol. The molecule has 0 aliphatic heterocycles. The largest absolute Gasteiger partial charge is 0.303 e. The third kappa shape index (κ3) is 16.6. The highest BCUT2D eigenvalue weighted by molar-refractivity contribution is 5.85. The highest BCUT2D eigenvalue weighted by Crippen LogP contribution is 2.13. The number of hydrogen-bond acceptors (Lipinski definition) is 2. The third-order valence-electron chi connectivity index (χ3n) is 5.70. The van der Waals surface area contributed by atoms with Gasteiger partial charge in [0.2, 0.25) is 0 Å². The Labute approximate surface area is 178 Å². The molecule has 1 unspecified atom stereocenters. The lowest BCUT2D eigenvalue weighted by molar-refractivity contribution is 0.180.